The largest absolute Gasteiger partial charge is 0.314 e. The molecule has 0 amide bonds. The van der Waals surface area contributed by atoms with Crippen molar-refractivity contribution in [3.05, 3.63) is 182 Å². The van der Waals surface area contributed by atoms with Crippen molar-refractivity contribution in [3.8, 4) is 0 Å². The van der Waals surface area contributed by atoms with Crippen molar-refractivity contribution in [2.45, 2.75) is 13.3 Å². The van der Waals surface area contributed by atoms with Gasteiger partial charge in [0.2, 0.25) is 0 Å². The van der Waals surface area contributed by atoms with Gasteiger partial charge < -0.3 is 13.7 Å². The Morgan fingerprint density at radius 1 is 0.333 bits per heavy atom. The SMILES string of the molecule is CCC(CP(=O)(c1ccccc1)c1ccccc1)(CP(=O)(c1ccccc1)c1ccccc1)CP(=O)(c1ccccc1)c1ccccc1. The lowest BCUT2D eigenvalue weighted by Crippen LogP contribution is -2.41. The van der Waals surface area contributed by atoms with Crippen LogP contribution in [0.3, 0.4) is 0 Å². The van der Waals surface area contributed by atoms with Gasteiger partial charge in [0.05, 0.1) is 0 Å². The molecule has 0 aromatic heterocycles. The van der Waals surface area contributed by atoms with Crippen LogP contribution >= 0.6 is 21.4 Å². The molecular formula is C42H41O3P3. The Bertz CT molecular complexity index is 1680. The lowest BCUT2D eigenvalue weighted by molar-refractivity contribution is 0.401. The molecule has 0 fully saturated rings. The minimum atomic E-state index is -3.34. The summed E-state index contributed by atoms with van der Waals surface area (Å²) in [4.78, 5) is 0. The highest BCUT2D eigenvalue weighted by Crippen LogP contribution is 2.61. The van der Waals surface area contributed by atoms with Gasteiger partial charge in [-0.05, 0) is 11.8 Å². The fourth-order valence-corrected chi connectivity index (χ4v) is 17.5. The zero-order valence-electron chi connectivity index (χ0n) is 27.2. The Hall–Kier alpha value is -3.99. The van der Waals surface area contributed by atoms with Crippen LogP contribution in [0.4, 0.5) is 0 Å². The average molecular weight is 687 g/mol. The Labute approximate surface area is 285 Å². The van der Waals surface area contributed by atoms with E-state index in [1.165, 1.54) is 0 Å². The monoisotopic (exact) mass is 686 g/mol. The highest BCUT2D eigenvalue weighted by Gasteiger charge is 2.48. The van der Waals surface area contributed by atoms with Crippen LogP contribution in [0, 0.1) is 5.41 Å². The summed E-state index contributed by atoms with van der Waals surface area (Å²) in [7, 11) is -10.0. The van der Waals surface area contributed by atoms with Crippen molar-refractivity contribution in [2.24, 2.45) is 5.41 Å². The third-order valence-electron chi connectivity index (χ3n) is 9.46. The Balaban J connectivity index is 1.62. The van der Waals surface area contributed by atoms with E-state index in [0.29, 0.717) is 6.42 Å². The summed E-state index contributed by atoms with van der Waals surface area (Å²) in [5, 5.41) is 4.49. The topological polar surface area (TPSA) is 51.2 Å². The minimum Gasteiger partial charge on any atom is -0.314 e. The van der Waals surface area contributed by atoms with Gasteiger partial charge in [-0.3, -0.25) is 0 Å². The van der Waals surface area contributed by atoms with Crippen molar-refractivity contribution in [1.82, 2.24) is 0 Å². The first-order valence-electron chi connectivity index (χ1n) is 16.4. The van der Waals surface area contributed by atoms with E-state index < -0.39 is 26.8 Å². The van der Waals surface area contributed by atoms with Crippen molar-refractivity contribution in [1.29, 1.82) is 0 Å². The molecular weight excluding hydrogens is 645 g/mol. The highest BCUT2D eigenvalue weighted by molar-refractivity contribution is 7.80. The normalized spacial score (nSPS) is 12.4. The van der Waals surface area contributed by atoms with Gasteiger partial charge in [0.15, 0.2) is 0 Å². The number of rotatable bonds is 13. The fraction of sp³-hybridized carbons (Fsp3) is 0.143. The van der Waals surface area contributed by atoms with Crippen LogP contribution < -0.4 is 31.8 Å². The molecule has 6 rings (SSSR count). The molecule has 6 heteroatoms. The minimum absolute atomic E-state index is 0.220. The van der Waals surface area contributed by atoms with Crippen molar-refractivity contribution < 1.29 is 13.7 Å². The predicted octanol–water partition coefficient (Wildman–Crippen LogP) is 8.43. The lowest BCUT2D eigenvalue weighted by atomic mass is 9.92. The van der Waals surface area contributed by atoms with E-state index in [1.807, 2.05) is 182 Å². The maximum atomic E-state index is 15.9. The maximum Gasteiger partial charge on any atom is 0.143 e. The second-order valence-corrected chi connectivity index (χ2v) is 21.0. The first kappa shape index (κ1) is 33.9. The van der Waals surface area contributed by atoms with Crippen LogP contribution in [0.2, 0.25) is 0 Å². The molecule has 48 heavy (non-hydrogen) atoms. The molecule has 0 saturated carbocycles. The first-order chi connectivity index (χ1) is 23.3. The summed E-state index contributed by atoms with van der Waals surface area (Å²) >= 11 is 0. The van der Waals surface area contributed by atoms with Crippen LogP contribution in [0.1, 0.15) is 13.3 Å². The molecule has 0 aliphatic carbocycles. The van der Waals surface area contributed by atoms with E-state index in [-0.39, 0.29) is 18.5 Å². The molecule has 0 spiro atoms. The van der Waals surface area contributed by atoms with Crippen LogP contribution in [0.15, 0.2) is 182 Å². The molecule has 0 N–H and O–H groups in total. The second kappa shape index (κ2) is 14.6. The standard InChI is InChI=1S/C42H41O3P3/c1-2-42(33-46(43,36-21-9-3-10-22-36)37-23-11-4-12-24-37,34-47(44,38-25-13-5-14-26-38)39-27-15-6-16-28-39)35-48(45,40-29-17-7-18-30-40)41-31-19-8-20-32-41/h3-32H,2,33-35H2,1H3. The van der Waals surface area contributed by atoms with Crippen molar-refractivity contribution in [3.63, 3.8) is 0 Å². The summed E-state index contributed by atoms with van der Waals surface area (Å²) in [6, 6.07) is 58.0. The van der Waals surface area contributed by atoms with Crippen molar-refractivity contribution in [2.75, 3.05) is 18.5 Å². The molecule has 6 aromatic carbocycles. The third-order valence-corrected chi connectivity index (χ3v) is 19.6. The van der Waals surface area contributed by atoms with Gasteiger partial charge in [-0.2, -0.15) is 0 Å². The van der Waals surface area contributed by atoms with Crippen LogP contribution in [0.25, 0.3) is 0 Å². The molecule has 0 heterocycles. The molecule has 0 saturated heterocycles. The van der Waals surface area contributed by atoms with Crippen LogP contribution in [0.5, 0.6) is 0 Å². The highest BCUT2D eigenvalue weighted by atomic mass is 31.2. The van der Waals surface area contributed by atoms with Gasteiger partial charge in [-0.1, -0.05) is 189 Å². The molecule has 0 aliphatic heterocycles. The molecule has 3 nitrogen and oxygen atoms in total. The Morgan fingerprint density at radius 3 is 0.646 bits per heavy atom. The van der Waals surface area contributed by atoms with Crippen LogP contribution in [-0.4, -0.2) is 18.5 Å². The van der Waals surface area contributed by atoms with Gasteiger partial charge in [0.25, 0.3) is 0 Å². The summed E-state index contributed by atoms with van der Waals surface area (Å²) in [5.74, 6) is 0. The lowest BCUT2D eigenvalue weighted by Gasteiger charge is -2.41. The number of hydrogen-bond donors (Lipinski definition) is 0. The van der Waals surface area contributed by atoms with Gasteiger partial charge in [-0.25, -0.2) is 0 Å². The number of benzene rings is 6. The van der Waals surface area contributed by atoms with Gasteiger partial charge >= 0.3 is 0 Å². The first-order valence-corrected chi connectivity index (χ1v) is 22.1. The van der Waals surface area contributed by atoms with E-state index >= 15 is 13.7 Å². The smallest absolute Gasteiger partial charge is 0.143 e. The molecule has 0 atom stereocenters. The van der Waals surface area contributed by atoms with E-state index in [2.05, 4.69) is 6.92 Å². The Morgan fingerprint density at radius 2 is 0.500 bits per heavy atom. The van der Waals surface area contributed by atoms with Gasteiger partial charge in [-0.15, -0.1) is 0 Å². The fourth-order valence-electron chi connectivity index (χ4n) is 6.91. The third kappa shape index (κ3) is 6.92. The van der Waals surface area contributed by atoms with E-state index in [4.69, 9.17) is 0 Å². The molecule has 242 valence electrons. The maximum absolute atomic E-state index is 15.9. The van der Waals surface area contributed by atoms with E-state index in [9.17, 15) is 0 Å². The summed E-state index contributed by atoms with van der Waals surface area (Å²) in [5.41, 5.74) is -0.871. The van der Waals surface area contributed by atoms with Gasteiger partial charge in [0.1, 0.15) is 21.4 Å². The summed E-state index contributed by atoms with van der Waals surface area (Å²) in [6.07, 6.45) is 1.19. The number of hydrogen-bond acceptors (Lipinski definition) is 3. The zero-order valence-corrected chi connectivity index (χ0v) is 29.9. The van der Waals surface area contributed by atoms with Crippen molar-refractivity contribution >= 4 is 53.3 Å². The molecule has 0 radical (unpaired) electrons. The van der Waals surface area contributed by atoms with Crippen LogP contribution in [-0.2, 0) is 13.7 Å². The van der Waals surface area contributed by atoms with Gasteiger partial charge in [0, 0.05) is 50.3 Å². The predicted molar refractivity (Wildman–Crippen MR) is 207 cm³/mol. The average Bonchev–Trinajstić information content (AvgIpc) is 3.16. The molecule has 0 unspecified atom stereocenters. The zero-order chi connectivity index (χ0) is 33.5. The second-order valence-electron chi connectivity index (χ2n) is 12.6. The Kier molecular flexibility index (Phi) is 10.3. The molecule has 0 aliphatic rings. The van der Waals surface area contributed by atoms with E-state index in [0.717, 1.165) is 31.8 Å². The van der Waals surface area contributed by atoms with E-state index in [1.54, 1.807) is 0 Å². The summed E-state index contributed by atoms with van der Waals surface area (Å²) in [6.45, 7) is 2.08. The molecule has 6 aromatic rings. The molecule has 0 bridgehead atoms. The summed E-state index contributed by atoms with van der Waals surface area (Å²) < 4.78 is 47.8. The quantitative estimate of drug-likeness (QED) is 0.115.